The topological polar surface area (TPSA) is 194 Å². The van der Waals surface area contributed by atoms with Crippen LogP contribution in [0.15, 0.2) is 114 Å². The van der Waals surface area contributed by atoms with Crippen LogP contribution in [0.2, 0.25) is 0 Å². The van der Waals surface area contributed by atoms with Gasteiger partial charge in [0.2, 0.25) is 0 Å². The molecule has 2 heterocycles. The minimum Gasteiger partial charge on any atom is -0.466 e. The Kier molecular flexibility index (Phi) is 11.4. The second-order valence-corrected chi connectivity index (χ2v) is 12.7. The average molecular weight is 708 g/mol. The van der Waals surface area contributed by atoms with E-state index in [1.807, 2.05) is 48.0 Å². The van der Waals surface area contributed by atoms with Crippen molar-refractivity contribution in [2.75, 3.05) is 23.4 Å². The van der Waals surface area contributed by atoms with Crippen LogP contribution in [-0.2, 0) is 33.2 Å². The van der Waals surface area contributed by atoms with E-state index in [1.165, 1.54) is 17.0 Å². The molecule has 0 atom stereocenters. The van der Waals surface area contributed by atoms with Gasteiger partial charge in [-0.2, -0.15) is 8.42 Å². The number of aromatic nitrogens is 3. The Morgan fingerprint density at radius 2 is 1.65 bits per heavy atom. The molecule has 51 heavy (non-hydrogen) atoms. The summed E-state index contributed by atoms with van der Waals surface area (Å²) in [6.07, 6.45) is 1.67. The number of carbonyl (C=O) groups is 2. The van der Waals surface area contributed by atoms with Gasteiger partial charge in [-0.25, -0.2) is 9.97 Å². The number of carbonyl (C=O) groups excluding carboxylic acids is 2. The van der Waals surface area contributed by atoms with Gasteiger partial charge < -0.3 is 20.4 Å². The van der Waals surface area contributed by atoms with Gasteiger partial charge in [0, 0.05) is 36.6 Å². The van der Waals surface area contributed by atoms with Gasteiger partial charge in [-0.3, -0.25) is 24.5 Å². The fraction of sp³-hybridized carbons (Fsp3) is 0.162. The molecule has 4 aromatic carbocycles. The lowest BCUT2D eigenvalue weighted by Gasteiger charge is -2.21. The van der Waals surface area contributed by atoms with Gasteiger partial charge >= 0.3 is 5.97 Å². The number of aryl methyl sites for hydroxylation is 1. The SMILES string of the molecule is CCOC(=O)CCN(C(=O)c1ccc2c(c1)nc(CNc1ccc(C(=N)N)cc1)n2C)c1ccccn1.O=S(=O)(O)c1ccc2ccccc2c1. The Morgan fingerprint density at radius 3 is 2.31 bits per heavy atom. The van der Waals surface area contributed by atoms with Gasteiger partial charge in [-0.1, -0.05) is 36.4 Å². The van der Waals surface area contributed by atoms with E-state index in [9.17, 15) is 18.0 Å². The number of nitrogens with zero attached hydrogens (tertiary/aromatic N) is 4. The van der Waals surface area contributed by atoms with Gasteiger partial charge in [0.25, 0.3) is 16.0 Å². The Hall–Kier alpha value is -6.12. The normalized spacial score (nSPS) is 11.0. The maximum atomic E-state index is 13.5. The maximum absolute atomic E-state index is 13.5. The third-order valence-electron chi connectivity index (χ3n) is 7.90. The first-order chi connectivity index (χ1) is 24.4. The predicted molar refractivity (Wildman–Crippen MR) is 196 cm³/mol. The number of hydrogen-bond acceptors (Lipinski definition) is 9. The fourth-order valence-electron chi connectivity index (χ4n) is 5.24. The predicted octanol–water partition coefficient (Wildman–Crippen LogP) is 5.55. The lowest BCUT2D eigenvalue weighted by Crippen LogP contribution is -2.34. The first kappa shape index (κ1) is 36.2. The summed E-state index contributed by atoms with van der Waals surface area (Å²) in [7, 11) is -2.17. The van der Waals surface area contributed by atoms with Crippen molar-refractivity contribution in [1.29, 1.82) is 5.41 Å². The smallest absolute Gasteiger partial charge is 0.307 e. The van der Waals surface area contributed by atoms with E-state index in [0.717, 1.165) is 27.8 Å². The van der Waals surface area contributed by atoms with Gasteiger partial charge in [-0.15, -0.1) is 0 Å². The Bertz CT molecular complexity index is 2290. The number of benzene rings is 4. The van der Waals surface area contributed by atoms with Crippen LogP contribution < -0.4 is 16.0 Å². The number of nitrogens with two attached hydrogens (primary N) is 1. The number of anilines is 2. The highest BCUT2D eigenvalue weighted by Crippen LogP contribution is 2.22. The van der Waals surface area contributed by atoms with Crippen molar-refractivity contribution in [2.24, 2.45) is 12.8 Å². The van der Waals surface area contributed by atoms with E-state index in [4.69, 9.17) is 25.4 Å². The molecule has 0 saturated heterocycles. The second-order valence-electron chi connectivity index (χ2n) is 11.3. The molecule has 262 valence electrons. The van der Waals surface area contributed by atoms with Gasteiger partial charge in [0.05, 0.1) is 35.5 Å². The van der Waals surface area contributed by atoms with Crippen molar-refractivity contribution in [2.45, 2.75) is 24.8 Å². The molecular formula is C37H37N7O6S. The van der Waals surface area contributed by atoms with Crippen molar-refractivity contribution in [1.82, 2.24) is 14.5 Å². The summed E-state index contributed by atoms with van der Waals surface area (Å²) in [5, 5.41) is 12.6. The van der Waals surface area contributed by atoms with Crippen LogP contribution in [0.3, 0.4) is 0 Å². The molecule has 1 amide bonds. The lowest BCUT2D eigenvalue weighted by atomic mass is 10.1. The summed E-state index contributed by atoms with van der Waals surface area (Å²) in [4.78, 5) is 35.9. The molecule has 0 spiro atoms. The monoisotopic (exact) mass is 707 g/mol. The largest absolute Gasteiger partial charge is 0.466 e. The molecule has 14 heteroatoms. The summed E-state index contributed by atoms with van der Waals surface area (Å²) < 4.78 is 37.5. The zero-order chi connectivity index (χ0) is 36.5. The fourth-order valence-corrected chi connectivity index (χ4v) is 5.76. The van der Waals surface area contributed by atoms with Crippen molar-refractivity contribution < 1.29 is 27.3 Å². The number of hydrogen-bond donors (Lipinski definition) is 4. The maximum Gasteiger partial charge on any atom is 0.307 e. The molecule has 5 N–H and O–H groups in total. The highest BCUT2D eigenvalue weighted by atomic mass is 32.2. The molecule has 0 aliphatic heterocycles. The number of amidine groups is 1. The number of nitrogens with one attached hydrogen (secondary N) is 2. The highest BCUT2D eigenvalue weighted by Gasteiger charge is 2.21. The number of imidazole rings is 1. The van der Waals surface area contributed by atoms with Crippen LogP contribution in [0.25, 0.3) is 21.8 Å². The van der Waals surface area contributed by atoms with Crippen LogP contribution in [0, 0.1) is 5.41 Å². The summed E-state index contributed by atoms with van der Waals surface area (Å²) in [5.41, 5.74) is 9.07. The number of nitrogen functional groups attached to an aromatic ring is 1. The third-order valence-corrected chi connectivity index (χ3v) is 8.75. The van der Waals surface area contributed by atoms with E-state index < -0.39 is 10.1 Å². The molecule has 2 aromatic heterocycles. The lowest BCUT2D eigenvalue weighted by molar-refractivity contribution is -0.142. The van der Waals surface area contributed by atoms with Crippen molar-refractivity contribution >= 4 is 61.1 Å². The summed E-state index contributed by atoms with van der Waals surface area (Å²) in [6, 6.07) is 29.8. The zero-order valence-electron chi connectivity index (χ0n) is 28.0. The minimum atomic E-state index is -4.09. The van der Waals surface area contributed by atoms with Crippen LogP contribution in [0.4, 0.5) is 11.5 Å². The first-order valence-corrected chi connectivity index (χ1v) is 17.4. The van der Waals surface area contributed by atoms with E-state index in [0.29, 0.717) is 29.0 Å². The van der Waals surface area contributed by atoms with E-state index in [-0.39, 0.29) is 42.2 Å². The summed E-state index contributed by atoms with van der Waals surface area (Å²) in [6.45, 7) is 2.64. The molecule has 0 fully saturated rings. The number of esters is 1. The molecule has 0 unspecified atom stereocenters. The molecule has 6 aromatic rings. The molecule has 0 radical (unpaired) electrons. The second kappa shape index (κ2) is 16.1. The Morgan fingerprint density at radius 1 is 0.941 bits per heavy atom. The van der Waals surface area contributed by atoms with E-state index in [1.54, 1.807) is 67.7 Å². The van der Waals surface area contributed by atoms with E-state index in [2.05, 4.69) is 10.3 Å². The van der Waals surface area contributed by atoms with Crippen LogP contribution in [-0.4, -0.2) is 58.4 Å². The van der Waals surface area contributed by atoms with Gasteiger partial charge in [0.15, 0.2) is 0 Å². The van der Waals surface area contributed by atoms with Crippen molar-refractivity contribution in [3.8, 4) is 0 Å². The van der Waals surface area contributed by atoms with Crippen LogP contribution in [0.1, 0.15) is 35.1 Å². The Balaban J connectivity index is 0.000000299. The summed E-state index contributed by atoms with van der Waals surface area (Å²) in [5.74, 6) is 0.623. The van der Waals surface area contributed by atoms with Crippen LogP contribution in [0.5, 0.6) is 0 Å². The minimum absolute atomic E-state index is 0.0229. The number of rotatable bonds is 11. The molecule has 0 bridgehead atoms. The quantitative estimate of drug-likeness (QED) is 0.0574. The van der Waals surface area contributed by atoms with Crippen LogP contribution >= 0.6 is 0 Å². The number of amides is 1. The Labute approximate surface area is 295 Å². The standard InChI is InChI=1S/C27H29N7O3.C10H8O3S/c1-3-37-25(35)13-15-34(23-6-4-5-14-30-23)27(36)19-9-12-22-21(16-19)32-24(33(22)2)17-31-20-10-7-18(8-11-20)26(28)29;11-14(12,13)10-6-5-8-3-1-2-4-9(8)7-10/h4-12,14,16,31H,3,13,15,17H2,1-2H3,(H3,28,29);1-7H,(H,11,12,13). The third kappa shape index (κ3) is 9.12. The zero-order valence-corrected chi connectivity index (χ0v) is 28.8. The van der Waals surface area contributed by atoms with E-state index >= 15 is 0 Å². The highest BCUT2D eigenvalue weighted by molar-refractivity contribution is 7.85. The summed E-state index contributed by atoms with van der Waals surface area (Å²) >= 11 is 0. The molecule has 6 rings (SSSR count). The molecule has 0 saturated carbocycles. The molecule has 0 aliphatic rings. The van der Waals surface area contributed by atoms with Crippen molar-refractivity contribution in [3.05, 3.63) is 126 Å². The first-order valence-electron chi connectivity index (χ1n) is 15.9. The number of fused-ring (bicyclic) bond motifs is 2. The average Bonchev–Trinajstić information content (AvgIpc) is 3.45. The van der Waals surface area contributed by atoms with Gasteiger partial charge in [-0.05, 0) is 84.4 Å². The van der Waals surface area contributed by atoms with Gasteiger partial charge in [0.1, 0.15) is 17.5 Å². The number of pyridine rings is 1. The molecular weight excluding hydrogens is 671 g/mol. The number of ether oxygens (including phenoxy) is 1. The van der Waals surface area contributed by atoms with Crippen molar-refractivity contribution in [3.63, 3.8) is 0 Å². The molecule has 0 aliphatic carbocycles. The molecule has 13 nitrogen and oxygen atoms in total.